The number of fused-ring (bicyclic) bond motifs is 3. The molecule has 0 spiro atoms. The molecule has 2 aliphatic heterocycles. The minimum Gasteiger partial charge on any atom is -0.379 e. The highest BCUT2D eigenvalue weighted by Crippen LogP contribution is 2.44. The van der Waals surface area contributed by atoms with Crippen LogP contribution in [0.5, 0.6) is 0 Å². The normalized spacial score (nSPS) is 24.1. The van der Waals surface area contributed by atoms with Crippen LogP contribution < -0.4 is 16.0 Å². The molecule has 103 heavy (non-hydrogen) atoms. The van der Waals surface area contributed by atoms with Crippen molar-refractivity contribution in [2.45, 2.75) is 223 Å². The zero-order valence-corrected chi connectivity index (χ0v) is 60.2. The van der Waals surface area contributed by atoms with Gasteiger partial charge in [-0.2, -0.15) is 8.78 Å². The van der Waals surface area contributed by atoms with E-state index in [1.807, 2.05) is 36.2 Å². The Bertz CT molecular complexity index is 4300. The van der Waals surface area contributed by atoms with Gasteiger partial charge in [-0.25, -0.2) is 38.3 Å². The second-order valence-corrected chi connectivity index (χ2v) is 30.9. The summed E-state index contributed by atoms with van der Waals surface area (Å²) in [4.78, 5) is 36.6. The summed E-state index contributed by atoms with van der Waals surface area (Å²) in [7, 11) is 0. The molecule has 9 heterocycles. The molecule has 16 rings (SSSR count). The van der Waals surface area contributed by atoms with E-state index in [2.05, 4.69) is 142 Å². The largest absolute Gasteiger partial charge is 0.379 e. The van der Waals surface area contributed by atoms with Crippen LogP contribution in [0.25, 0.3) is 49.9 Å². The van der Waals surface area contributed by atoms with Crippen molar-refractivity contribution in [3.8, 4) is 33.4 Å². The van der Waals surface area contributed by atoms with Crippen molar-refractivity contribution in [2.75, 3.05) is 68.6 Å². The van der Waals surface area contributed by atoms with E-state index in [0.717, 1.165) is 209 Å². The zero-order valence-electron chi connectivity index (χ0n) is 60.2. The van der Waals surface area contributed by atoms with Crippen molar-refractivity contribution in [1.82, 2.24) is 58.6 Å². The Kier molecular flexibility index (Phi) is 21.4. The van der Waals surface area contributed by atoms with Gasteiger partial charge in [0.25, 0.3) is 0 Å². The molecule has 7 fully saturated rings. The Morgan fingerprint density at radius 2 is 0.932 bits per heavy atom. The monoisotopic (exact) mass is 1410 g/mol. The second kappa shape index (κ2) is 31.6. The standard InChI is InChI=1S/C80H101F2N15O6/c1-50-39-63(29-30-83-50)69-42-72(97-75(69)45-85-79(91-97)88-52(3)38-55-7-8-55)62-21-27-66(28-22-62)103-102-65-25-19-61(20-26-65)71-41-68(73-43-84-78(90-95(71)73)87-51(2)37-54-5-6-54)59-15-11-57(12-16-59)47-94-33-36-99-49-76(94)101-64-23-17-60(18-24-64)70-40-67(58-13-9-56(10-14-58)46-93-31-34-98-35-32-93)74-44-86-80(92-96(70)74)89-53(4)48-100-77(81)82/h9-16,29-30,39-45,51-55,60-62,64-66,76-77H,5-8,17-28,31-38,46-49H2,1-4H3,(H,87,90)(H,88,91)(H,89,92)/t51-,52-,53-,60-,61-,62-,64-,65-,66-,76?/m0/s1. The maximum absolute atomic E-state index is 13.0. The van der Waals surface area contributed by atoms with Crippen LogP contribution in [0.1, 0.15) is 188 Å². The van der Waals surface area contributed by atoms with Gasteiger partial charge in [-0.15, -0.1) is 15.3 Å². The SMILES string of the molecule is Cc1cc(-c2cc([C@H]3CC[C@H](OO[C@H]4CC[C@H](c5cc(-c6ccc(CN7CCOCC7O[C@H]7CC[C@H](c8cc(-c9ccc(CN%10CCOCC%10)cc9)c9cnc(N[C@@H](C)COC(F)F)nn98)CC7)cc6)c6cnc(N[C@@H](C)CC7CC7)nn65)CC4)CC3)n3nc(N[C@@H](C)CC4CC4)ncc23)ccn1. The van der Waals surface area contributed by atoms with E-state index in [1.54, 1.807) is 6.92 Å². The molecule has 5 aliphatic carbocycles. The lowest BCUT2D eigenvalue weighted by atomic mass is 9.85. The van der Waals surface area contributed by atoms with E-state index in [1.165, 1.54) is 48.2 Å². The van der Waals surface area contributed by atoms with Crippen LogP contribution in [-0.4, -0.2) is 161 Å². The molecule has 3 N–H and O–H groups in total. The Morgan fingerprint density at radius 1 is 0.485 bits per heavy atom. The summed E-state index contributed by atoms with van der Waals surface area (Å²) in [6.45, 7) is 12.2. The minimum atomic E-state index is -2.85. The molecule has 7 aromatic heterocycles. The van der Waals surface area contributed by atoms with Gasteiger partial charge in [0.1, 0.15) is 6.23 Å². The molecule has 9 aromatic rings. The van der Waals surface area contributed by atoms with Gasteiger partial charge in [0.05, 0.1) is 86.5 Å². The van der Waals surface area contributed by atoms with Crippen LogP contribution in [0.15, 0.2) is 104 Å². The minimum absolute atomic E-state index is 0.0315. The number of halogens is 2. The van der Waals surface area contributed by atoms with Gasteiger partial charge in [0.2, 0.25) is 17.8 Å². The van der Waals surface area contributed by atoms with Crippen LogP contribution in [0, 0.1) is 18.8 Å². The number of aryl methyl sites for hydroxylation is 1. The van der Waals surface area contributed by atoms with E-state index in [4.69, 9.17) is 49.2 Å². The van der Waals surface area contributed by atoms with E-state index in [9.17, 15) is 8.78 Å². The maximum Gasteiger partial charge on any atom is 0.345 e. The van der Waals surface area contributed by atoms with E-state index in [-0.39, 0.29) is 43.1 Å². The van der Waals surface area contributed by atoms with Gasteiger partial charge in [0, 0.05) is 114 Å². The Balaban J connectivity index is 0.553. The molecular formula is C80H101F2N15O6. The molecule has 23 heteroatoms. The number of ether oxygens (including phenoxy) is 4. The van der Waals surface area contributed by atoms with Crippen molar-refractivity contribution in [3.63, 3.8) is 0 Å². The van der Waals surface area contributed by atoms with Gasteiger partial charge in [-0.1, -0.05) is 74.2 Å². The van der Waals surface area contributed by atoms with Gasteiger partial charge < -0.3 is 34.9 Å². The van der Waals surface area contributed by atoms with Gasteiger partial charge in [0.15, 0.2) is 0 Å². The van der Waals surface area contributed by atoms with Gasteiger partial charge in [-0.05, 0) is 188 Å². The lowest BCUT2D eigenvalue weighted by molar-refractivity contribution is -0.358. The zero-order chi connectivity index (χ0) is 69.9. The third kappa shape index (κ3) is 16.9. The number of aromatic nitrogens is 10. The maximum atomic E-state index is 13.0. The number of nitrogens with one attached hydrogen (secondary N) is 3. The third-order valence-electron chi connectivity index (χ3n) is 22.8. The summed E-state index contributed by atoms with van der Waals surface area (Å²) < 4.78 is 55.7. The van der Waals surface area contributed by atoms with Gasteiger partial charge >= 0.3 is 6.61 Å². The number of benzene rings is 2. The molecule has 546 valence electrons. The van der Waals surface area contributed by atoms with E-state index < -0.39 is 12.7 Å². The molecule has 5 saturated carbocycles. The molecular weight excluding hydrogens is 1300 g/mol. The lowest BCUT2D eigenvalue weighted by Gasteiger charge is -2.39. The van der Waals surface area contributed by atoms with Crippen molar-refractivity contribution in [1.29, 1.82) is 0 Å². The fourth-order valence-corrected chi connectivity index (χ4v) is 16.8. The predicted octanol–water partition coefficient (Wildman–Crippen LogP) is 15.2. The van der Waals surface area contributed by atoms with Crippen LogP contribution in [0.2, 0.25) is 0 Å². The molecule has 1 unspecified atom stereocenters. The first-order chi connectivity index (χ1) is 50.4. The quantitative estimate of drug-likeness (QED) is 0.0308. The highest BCUT2D eigenvalue weighted by atomic mass is 19.3. The number of hydrogen-bond donors (Lipinski definition) is 3. The lowest BCUT2D eigenvalue weighted by Crippen LogP contribution is -2.48. The summed E-state index contributed by atoms with van der Waals surface area (Å²) in [5.74, 6) is 4.16. The Morgan fingerprint density at radius 3 is 1.40 bits per heavy atom. The first-order valence-electron chi connectivity index (χ1n) is 38.4. The summed E-state index contributed by atoms with van der Waals surface area (Å²) >= 11 is 0. The highest BCUT2D eigenvalue weighted by molar-refractivity contribution is 5.84. The van der Waals surface area contributed by atoms with E-state index >= 15 is 0 Å². The number of hydrogen-bond acceptors (Lipinski definition) is 18. The number of nitrogens with zero attached hydrogens (tertiary/aromatic N) is 12. The van der Waals surface area contributed by atoms with Crippen LogP contribution in [0.4, 0.5) is 26.6 Å². The summed E-state index contributed by atoms with van der Waals surface area (Å²) in [6.07, 6.45) is 26.4. The smallest absolute Gasteiger partial charge is 0.345 e. The molecule has 0 bridgehead atoms. The molecule has 0 radical (unpaired) electrons. The number of alkyl halides is 2. The van der Waals surface area contributed by atoms with Crippen molar-refractivity contribution >= 4 is 34.4 Å². The number of pyridine rings is 1. The summed E-state index contributed by atoms with van der Waals surface area (Å²) in [5.41, 5.74) is 16.6. The number of anilines is 3. The van der Waals surface area contributed by atoms with Crippen molar-refractivity contribution in [3.05, 3.63) is 138 Å². The first-order valence-corrected chi connectivity index (χ1v) is 38.4. The number of morpholine rings is 2. The van der Waals surface area contributed by atoms with Gasteiger partial charge in [-0.3, -0.25) is 14.8 Å². The molecule has 21 nitrogen and oxygen atoms in total. The average molecular weight is 1410 g/mol. The first kappa shape index (κ1) is 69.7. The summed E-state index contributed by atoms with van der Waals surface area (Å²) in [5, 5.41) is 25.9. The van der Waals surface area contributed by atoms with Crippen LogP contribution in [-0.2, 0) is 41.8 Å². The molecule has 4 atom stereocenters. The van der Waals surface area contributed by atoms with E-state index in [0.29, 0.717) is 48.9 Å². The molecule has 0 amide bonds. The van der Waals surface area contributed by atoms with Crippen LogP contribution in [0.3, 0.4) is 0 Å². The molecule has 7 aliphatic rings. The molecule has 2 aromatic carbocycles. The fraction of sp³-hybridized carbons (Fsp3) is 0.562. The number of rotatable bonds is 28. The highest BCUT2D eigenvalue weighted by Gasteiger charge is 2.35. The second-order valence-electron chi connectivity index (χ2n) is 30.9. The fourth-order valence-electron chi connectivity index (χ4n) is 16.8. The van der Waals surface area contributed by atoms with Crippen molar-refractivity contribution in [2.24, 2.45) is 11.8 Å². The van der Waals surface area contributed by atoms with Crippen LogP contribution >= 0.6 is 0 Å². The molecule has 2 saturated heterocycles. The Labute approximate surface area is 602 Å². The summed E-state index contributed by atoms with van der Waals surface area (Å²) in [6, 6.07) is 29.3. The average Bonchev–Trinajstić information content (AvgIpc) is 1.63. The Hall–Kier alpha value is -7.61. The third-order valence-corrected chi connectivity index (χ3v) is 22.8. The topological polar surface area (TPSA) is 201 Å². The predicted molar refractivity (Wildman–Crippen MR) is 393 cm³/mol. The van der Waals surface area contributed by atoms with Crippen molar-refractivity contribution < 1.29 is 37.5 Å².